The largest absolute Gasteiger partial charge is 0.514 e. The van der Waals surface area contributed by atoms with Gasteiger partial charge in [0.2, 0.25) is 0 Å². The van der Waals surface area contributed by atoms with Crippen LogP contribution < -0.4 is 10.9 Å². The van der Waals surface area contributed by atoms with Crippen LogP contribution in [-0.4, -0.2) is 23.2 Å². The second-order valence-electron chi connectivity index (χ2n) is 4.49. The first kappa shape index (κ1) is 16.5. The van der Waals surface area contributed by atoms with Gasteiger partial charge in [0, 0.05) is 12.1 Å². The van der Waals surface area contributed by atoms with Crippen LogP contribution in [0.2, 0.25) is 0 Å². The van der Waals surface area contributed by atoms with Crippen molar-refractivity contribution in [1.29, 1.82) is 0 Å². The van der Waals surface area contributed by atoms with Crippen LogP contribution in [-0.2, 0) is 16.1 Å². The van der Waals surface area contributed by atoms with Crippen molar-refractivity contribution in [3.8, 4) is 0 Å². The standard InChI is InChI=1S/C14H13BN2O6/c18-14(22-10-11-5-2-1-3-6-11)16-23-15(19)12-7-4-8-13(9-12)17(20)21/h1-9,19H,10H2,(H,16,18). The van der Waals surface area contributed by atoms with Crippen molar-refractivity contribution in [2.75, 3.05) is 0 Å². The summed E-state index contributed by atoms with van der Waals surface area (Å²) in [6, 6.07) is 14.3. The van der Waals surface area contributed by atoms with Crippen molar-refractivity contribution in [2.45, 2.75) is 6.61 Å². The molecule has 0 atom stereocenters. The van der Waals surface area contributed by atoms with Gasteiger partial charge in [0.1, 0.15) is 6.61 Å². The number of nitrogens with one attached hydrogen (secondary N) is 1. The Hall–Kier alpha value is -2.91. The Morgan fingerprint density at radius 1 is 1.22 bits per heavy atom. The van der Waals surface area contributed by atoms with Gasteiger partial charge in [-0.05, 0) is 11.0 Å². The molecule has 0 aliphatic heterocycles. The summed E-state index contributed by atoms with van der Waals surface area (Å²) in [6.07, 6.45) is -0.890. The quantitative estimate of drug-likeness (QED) is 0.470. The summed E-state index contributed by atoms with van der Waals surface area (Å²) in [6.45, 7) is 0.0446. The number of nitrogens with zero attached hydrogens (tertiary/aromatic N) is 1. The van der Waals surface area contributed by atoms with Gasteiger partial charge in [0.05, 0.1) is 4.92 Å². The van der Waals surface area contributed by atoms with Gasteiger partial charge in [-0.15, -0.1) is 0 Å². The summed E-state index contributed by atoms with van der Waals surface area (Å²) >= 11 is 0. The lowest BCUT2D eigenvalue weighted by Crippen LogP contribution is -2.41. The molecule has 23 heavy (non-hydrogen) atoms. The Balaban J connectivity index is 1.81. The van der Waals surface area contributed by atoms with Crippen LogP contribution in [0.15, 0.2) is 54.6 Å². The molecule has 1 amide bonds. The van der Waals surface area contributed by atoms with Gasteiger partial charge in [0.15, 0.2) is 0 Å². The Morgan fingerprint density at radius 3 is 2.65 bits per heavy atom. The monoisotopic (exact) mass is 316 g/mol. The third kappa shape index (κ3) is 5.09. The molecular weight excluding hydrogens is 303 g/mol. The third-order valence-electron chi connectivity index (χ3n) is 2.83. The minimum Gasteiger partial charge on any atom is -0.443 e. The van der Waals surface area contributed by atoms with Crippen molar-refractivity contribution in [2.24, 2.45) is 0 Å². The highest BCUT2D eigenvalue weighted by atomic mass is 16.7. The minimum absolute atomic E-state index is 0.0446. The number of amides is 1. The maximum atomic E-state index is 11.4. The molecule has 2 N–H and O–H groups in total. The first-order chi connectivity index (χ1) is 11.1. The average Bonchev–Trinajstić information content (AvgIpc) is 2.58. The normalized spacial score (nSPS) is 9.96. The second-order valence-corrected chi connectivity index (χ2v) is 4.49. The van der Waals surface area contributed by atoms with E-state index in [9.17, 15) is 19.9 Å². The number of rotatable bonds is 6. The molecule has 2 aromatic carbocycles. The van der Waals surface area contributed by atoms with E-state index in [2.05, 4.69) is 0 Å². The highest BCUT2D eigenvalue weighted by Gasteiger charge is 2.21. The fraction of sp³-hybridized carbons (Fsp3) is 0.0714. The van der Waals surface area contributed by atoms with Gasteiger partial charge in [-0.2, -0.15) is 0 Å². The van der Waals surface area contributed by atoms with E-state index in [1.807, 2.05) is 11.5 Å². The van der Waals surface area contributed by atoms with E-state index >= 15 is 0 Å². The first-order valence-corrected chi connectivity index (χ1v) is 6.61. The molecule has 9 heteroatoms. The summed E-state index contributed by atoms with van der Waals surface area (Å²) < 4.78 is 9.60. The van der Waals surface area contributed by atoms with E-state index in [0.717, 1.165) is 11.6 Å². The fourth-order valence-electron chi connectivity index (χ4n) is 1.72. The number of carbonyl (C=O) groups excluding carboxylic acids is 1. The number of non-ortho nitro benzene ring substituents is 1. The molecule has 0 fully saturated rings. The van der Waals surface area contributed by atoms with Gasteiger partial charge in [-0.25, -0.2) is 10.3 Å². The molecule has 0 spiro atoms. The van der Waals surface area contributed by atoms with E-state index < -0.39 is 18.1 Å². The number of hydrogen-bond acceptors (Lipinski definition) is 6. The van der Waals surface area contributed by atoms with Crippen LogP contribution in [0, 0.1) is 10.1 Å². The molecule has 0 heterocycles. The van der Waals surface area contributed by atoms with Crippen LogP contribution >= 0.6 is 0 Å². The fourth-order valence-corrected chi connectivity index (χ4v) is 1.72. The molecule has 2 aromatic rings. The summed E-state index contributed by atoms with van der Waals surface area (Å²) in [7, 11) is -1.56. The predicted octanol–water partition coefficient (Wildman–Crippen LogP) is 1.14. The minimum atomic E-state index is -1.56. The van der Waals surface area contributed by atoms with Crippen molar-refractivity contribution in [3.63, 3.8) is 0 Å². The predicted molar refractivity (Wildman–Crippen MR) is 81.6 cm³/mol. The molecule has 8 nitrogen and oxygen atoms in total. The number of benzene rings is 2. The van der Waals surface area contributed by atoms with Gasteiger partial charge in [-0.3, -0.25) is 14.9 Å². The van der Waals surface area contributed by atoms with E-state index in [0.29, 0.717) is 0 Å². The molecule has 0 aromatic heterocycles. The Bertz CT molecular complexity index is 682. The molecule has 2 rings (SSSR count). The van der Waals surface area contributed by atoms with Gasteiger partial charge < -0.3 is 9.76 Å². The number of nitro groups is 1. The zero-order valence-corrected chi connectivity index (χ0v) is 11.9. The molecule has 0 unspecified atom stereocenters. The van der Waals surface area contributed by atoms with E-state index in [1.165, 1.54) is 18.2 Å². The number of hydroxylamine groups is 1. The summed E-state index contributed by atoms with van der Waals surface area (Å²) in [5.74, 6) is 0. The molecule has 0 bridgehead atoms. The number of nitro benzene ring substituents is 1. The van der Waals surface area contributed by atoms with Crippen molar-refractivity contribution in [1.82, 2.24) is 5.48 Å². The van der Waals surface area contributed by atoms with E-state index in [1.54, 1.807) is 24.3 Å². The van der Waals surface area contributed by atoms with Crippen molar-refractivity contribution < 1.29 is 24.2 Å². The summed E-state index contributed by atoms with van der Waals surface area (Å²) in [5.41, 5.74) is 2.64. The van der Waals surface area contributed by atoms with Gasteiger partial charge in [-0.1, -0.05) is 42.5 Å². The molecule has 118 valence electrons. The van der Waals surface area contributed by atoms with Gasteiger partial charge in [0.25, 0.3) is 5.69 Å². The molecule has 0 radical (unpaired) electrons. The Labute approximate surface area is 131 Å². The van der Waals surface area contributed by atoms with Crippen LogP contribution in [0.5, 0.6) is 0 Å². The van der Waals surface area contributed by atoms with Crippen LogP contribution in [0.25, 0.3) is 0 Å². The topological polar surface area (TPSA) is 111 Å². The van der Waals surface area contributed by atoms with Gasteiger partial charge >= 0.3 is 13.2 Å². The smallest absolute Gasteiger partial charge is 0.443 e. The van der Waals surface area contributed by atoms with Crippen LogP contribution in [0.1, 0.15) is 5.56 Å². The maximum Gasteiger partial charge on any atom is 0.514 e. The van der Waals surface area contributed by atoms with E-state index in [-0.39, 0.29) is 17.8 Å². The van der Waals surface area contributed by atoms with Crippen molar-refractivity contribution >= 4 is 24.4 Å². The molecule has 0 saturated carbocycles. The first-order valence-electron chi connectivity index (χ1n) is 6.61. The lowest BCUT2D eigenvalue weighted by atomic mass is 9.80. The lowest BCUT2D eigenvalue weighted by Gasteiger charge is -2.09. The van der Waals surface area contributed by atoms with E-state index in [4.69, 9.17) is 9.49 Å². The lowest BCUT2D eigenvalue weighted by molar-refractivity contribution is -0.384. The zero-order valence-electron chi connectivity index (χ0n) is 11.9. The third-order valence-corrected chi connectivity index (χ3v) is 2.83. The Kier molecular flexibility index (Phi) is 5.67. The molecule has 0 aliphatic carbocycles. The Morgan fingerprint density at radius 2 is 1.96 bits per heavy atom. The number of ether oxygens (including phenoxy) is 1. The average molecular weight is 316 g/mol. The highest BCUT2D eigenvalue weighted by molar-refractivity contribution is 6.60. The number of carbonyl (C=O) groups is 1. The highest BCUT2D eigenvalue weighted by Crippen LogP contribution is 2.07. The summed E-state index contributed by atoms with van der Waals surface area (Å²) in [5, 5.41) is 20.4. The summed E-state index contributed by atoms with van der Waals surface area (Å²) in [4.78, 5) is 21.5. The van der Waals surface area contributed by atoms with Crippen LogP contribution in [0.4, 0.5) is 10.5 Å². The number of hydrogen-bond donors (Lipinski definition) is 2. The molecule has 0 aliphatic rings. The van der Waals surface area contributed by atoms with Crippen LogP contribution in [0.3, 0.4) is 0 Å². The maximum absolute atomic E-state index is 11.4. The SMILES string of the molecule is O=C(NOB(O)c1cccc([N+](=O)[O-])c1)OCc1ccccc1. The van der Waals surface area contributed by atoms with Crippen molar-refractivity contribution in [3.05, 3.63) is 70.3 Å². The molecule has 0 saturated heterocycles. The second kappa shape index (κ2) is 7.92. The zero-order chi connectivity index (χ0) is 16.7. The molecular formula is C14H13BN2O6.